The van der Waals surface area contributed by atoms with Crippen LogP contribution in [0.5, 0.6) is 11.5 Å². The molecular weight excluding hydrogens is 226 g/mol. The lowest BCUT2D eigenvalue weighted by Crippen LogP contribution is -1.92. The van der Waals surface area contributed by atoms with Crippen molar-refractivity contribution >= 4 is 16.6 Å². The van der Waals surface area contributed by atoms with E-state index in [9.17, 15) is 0 Å². The molecular formula is C14H11N3O. The summed E-state index contributed by atoms with van der Waals surface area (Å²) in [5.74, 6) is 1.41. The van der Waals surface area contributed by atoms with Crippen molar-refractivity contribution in [1.82, 2.24) is 9.97 Å². The number of hydrogen-bond acceptors (Lipinski definition) is 4. The molecule has 2 aromatic heterocycles. The lowest BCUT2D eigenvalue weighted by molar-refractivity contribution is 0.486. The summed E-state index contributed by atoms with van der Waals surface area (Å²) in [5.41, 5.74) is 7.37. The van der Waals surface area contributed by atoms with E-state index in [1.807, 2.05) is 24.3 Å². The Hall–Kier alpha value is -2.62. The van der Waals surface area contributed by atoms with E-state index in [0.29, 0.717) is 11.4 Å². The Kier molecular flexibility index (Phi) is 2.53. The van der Waals surface area contributed by atoms with Crippen LogP contribution in [0.2, 0.25) is 0 Å². The van der Waals surface area contributed by atoms with Crippen molar-refractivity contribution in [2.45, 2.75) is 0 Å². The predicted molar refractivity (Wildman–Crippen MR) is 70.5 cm³/mol. The first-order valence-electron chi connectivity index (χ1n) is 5.56. The summed E-state index contributed by atoms with van der Waals surface area (Å²) in [6.07, 6.45) is 5.09. The Balaban J connectivity index is 2.10. The van der Waals surface area contributed by atoms with Crippen LogP contribution < -0.4 is 10.5 Å². The van der Waals surface area contributed by atoms with Crippen molar-refractivity contribution in [3.8, 4) is 11.5 Å². The number of ether oxygens (including phenoxy) is 1. The normalized spacial score (nSPS) is 10.4. The number of nitrogen functional groups attached to an aromatic ring is 1. The first-order valence-corrected chi connectivity index (χ1v) is 5.56. The van der Waals surface area contributed by atoms with Crippen molar-refractivity contribution in [2.24, 2.45) is 0 Å². The summed E-state index contributed by atoms with van der Waals surface area (Å²) >= 11 is 0. The van der Waals surface area contributed by atoms with Gasteiger partial charge in [-0.15, -0.1) is 0 Å². The van der Waals surface area contributed by atoms with Gasteiger partial charge in [0.05, 0.1) is 0 Å². The molecule has 3 rings (SSSR count). The lowest BCUT2D eigenvalue weighted by atomic mass is 10.1. The molecule has 0 aliphatic rings. The second-order valence-corrected chi connectivity index (χ2v) is 3.84. The molecule has 0 bridgehead atoms. The van der Waals surface area contributed by atoms with Crippen LogP contribution in [-0.4, -0.2) is 9.97 Å². The van der Waals surface area contributed by atoms with Gasteiger partial charge in [-0.25, -0.2) is 0 Å². The number of nitrogens with two attached hydrogens (primary N) is 1. The Morgan fingerprint density at radius 2 is 1.78 bits per heavy atom. The highest BCUT2D eigenvalue weighted by Gasteiger charge is 2.06. The van der Waals surface area contributed by atoms with Gasteiger partial charge in [0, 0.05) is 29.7 Å². The van der Waals surface area contributed by atoms with Gasteiger partial charge in [-0.05, 0) is 36.4 Å². The Bertz CT molecular complexity index is 683. The molecule has 0 amide bonds. The van der Waals surface area contributed by atoms with Gasteiger partial charge in [0.15, 0.2) is 5.75 Å². The molecule has 0 saturated heterocycles. The van der Waals surface area contributed by atoms with Gasteiger partial charge in [0.25, 0.3) is 0 Å². The third-order valence-electron chi connectivity index (χ3n) is 2.64. The highest BCUT2D eigenvalue weighted by molar-refractivity contribution is 5.94. The molecule has 18 heavy (non-hydrogen) atoms. The van der Waals surface area contributed by atoms with Gasteiger partial charge >= 0.3 is 0 Å². The zero-order valence-electron chi connectivity index (χ0n) is 9.58. The lowest BCUT2D eigenvalue weighted by Gasteiger charge is -2.09. The summed E-state index contributed by atoms with van der Waals surface area (Å²) < 4.78 is 5.79. The Labute approximate surface area is 104 Å². The van der Waals surface area contributed by atoms with Crippen LogP contribution in [0.3, 0.4) is 0 Å². The maximum atomic E-state index is 5.91. The monoisotopic (exact) mass is 237 g/mol. The standard InChI is InChI=1S/C14H11N3O/c15-12-3-4-13(14-11(12)2-1-7-17-14)18-10-5-8-16-9-6-10/h1-9H,15H2. The first kappa shape index (κ1) is 10.5. The van der Waals surface area contributed by atoms with E-state index in [-0.39, 0.29) is 0 Å². The molecule has 0 aliphatic carbocycles. The highest BCUT2D eigenvalue weighted by atomic mass is 16.5. The van der Waals surface area contributed by atoms with Crippen molar-refractivity contribution in [3.63, 3.8) is 0 Å². The number of nitrogens with zero attached hydrogens (tertiary/aromatic N) is 2. The van der Waals surface area contributed by atoms with Gasteiger partial charge in [-0.2, -0.15) is 0 Å². The van der Waals surface area contributed by atoms with Crippen LogP contribution in [0, 0.1) is 0 Å². The minimum Gasteiger partial charge on any atom is -0.455 e. The van der Waals surface area contributed by atoms with E-state index in [0.717, 1.165) is 16.7 Å². The van der Waals surface area contributed by atoms with Gasteiger partial charge in [0.1, 0.15) is 11.3 Å². The smallest absolute Gasteiger partial charge is 0.153 e. The number of benzene rings is 1. The third-order valence-corrected chi connectivity index (χ3v) is 2.64. The van der Waals surface area contributed by atoms with E-state index >= 15 is 0 Å². The van der Waals surface area contributed by atoms with Crippen molar-refractivity contribution < 1.29 is 4.74 Å². The van der Waals surface area contributed by atoms with Crippen LogP contribution in [-0.2, 0) is 0 Å². The molecule has 0 spiro atoms. The van der Waals surface area contributed by atoms with E-state index in [2.05, 4.69) is 9.97 Å². The summed E-state index contributed by atoms with van der Waals surface area (Å²) in [5, 5.41) is 0.893. The molecule has 0 unspecified atom stereocenters. The largest absolute Gasteiger partial charge is 0.455 e. The second kappa shape index (κ2) is 4.33. The van der Waals surface area contributed by atoms with Crippen molar-refractivity contribution in [2.75, 3.05) is 5.73 Å². The van der Waals surface area contributed by atoms with Crippen LogP contribution >= 0.6 is 0 Å². The number of aromatic nitrogens is 2. The number of fused-ring (bicyclic) bond motifs is 1. The third kappa shape index (κ3) is 1.84. The molecule has 0 aliphatic heterocycles. The van der Waals surface area contributed by atoms with Crippen LogP contribution in [0.25, 0.3) is 10.9 Å². The molecule has 0 saturated carbocycles. The van der Waals surface area contributed by atoms with Gasteiger partial charge in [-0.1, -0.05) is 0 Å². The Morgan fingerprint density at radius 1 is 0.944 bits per heavy atom. The van der Waals surface area contributed by atoms with Crippen molar-refractivity contribution in [1.29, 1.82) is 0 Å². The van der Waals surface area contributed by atoms with Crippen LogP contribution in [0.4, 0.5) is 5.69 Å². The first-order chi connectivity index (χ1) is 8.84. The second-order valence-electron chi connectivity index (χ2n) is 3.84. The fourth-order valence-corrected chi connectivity index (χ4v) is 1.78. The van der Waals surface area contributed by atoms with Gasteiger partial charge in [0.2, 0.25) is 0 Å². The molecule has 1 aromatic carbocycles. The fraction of sp³-hybridized carbons (Fsp3) is 0. The number of anilines is 1. The zero-order chi connectivity index (χ0) is 12.4. The van der Waals surface area contributed by atoms with Crippen LogP contribution in [0.1, 0.15) is 0 Å². The van der Waals surface area contributed by atoms with E-state index in [1.165, 1.54) is 0 Å². The molecule has 88 valence electrons. The average molecular weight is 237 g/mol. The SMILES string of the molecule is Nc1ccc(Oc2ccncc2)c2ncccc12. The van der Waals surface area contributed by atoms with E-state index in [4.69, 9.17) is 10.5 Å². The van der Waals surface area contributed by atoms with Crippen molar-refractivity contribution in [3.05, 3.63) is 55.0 Å². The molecule has 4 heteroatoms. The molecule has 0 fully saturated rings. The van der Waals surface area contributed by atoms with Gasteiger partial charge in [-0.3, -0.25) is 9.97 Å². The quantitative estimate of drug-likeness (QED) is 0.696. The predicted octanol–water partition coefficient (Wildman–Crippen LogP) is 3.00. The summed E-state index contributed by atoms with van der Waals surface area (Å²) in [6, 6.07) is 11.0. The Morgan fingerprint density at radius 3 is 2.61 bits per heavy atom. The zero-order valence-corrected chi connectivity index (χ0v) is 9.58. The maximum absolute atomic E-state index is 5.91. The molecule has 2 heterocycles. The van der Waals surface area contributed by atoms with E-state index in [1.54, 1.807) is 30.7 Å². The summed E-state index contributed by atoms with van der Waals surface area (Å²) in [7, 11) is 0. The summed E-state index contributed by atoms with van der Waals surface area (Å²) in [6.45, 7) is 0. The topological polar surface area (TPSA) is 61.0 Å². The van der Waals surface area contributed by atoms with Gasteiger partial charge < -0.3 is 10.5 Å². The molecule has 0 radical (unpaired) electrons. The number of rotatable bonds is 2. The average Bonchev–Trinajstić information content (AvgIpc) is 2.44. The number of hydrogen-bond donors (Lipinski definition) is 1. The minimum atomic E-state index is 0.686. The minimum absolute atomic E-state index is 0.686. The van der Waals surface area contributed by atoms with Crippen LogP contribution in [0.15, 0.2) is 55.0 Å². The molecule has 4 nitrogen and oxygen atoms in total. The fourth-order valence-electron chi connectivity index (χ4n) is 1.78. The van der Waals surface area contributed by atoms with E-state index < -0.39 is 0 Å². The molecule has 2 N–H and O–H groups in total. The number of pyridine rings is 2. The molecule has 0 atom stereocenters. The molecule has 3 aromatic rings. The summed E-state index contributed by atoms with van der Waals surface area (Å²) in [4.78, 5) is 8.27. The maximum Gasteiger partial charge on any atom is 0.153 e. The highest BCUT2D eigenvalue weighted by Crippen LogP contribution is 2.31.